The zero-order chi connectivity index (χ0) is 36.9. The first-order valence-corrected chi connectivity index (χ1v) is 16.9. The van der Waals surface area contributed by atoms with E-state index in [1.165, 1.54) is 0 Å². The van der Waals surface area contributed by atoms with Gasteiger partial charge in [-0.2, -0.15) is 0 Å². The molecule has 0 saturated carbocycles. The predicted octanol–water partition coefficient (Wildman–Crippen LogP) is 3.23. The fourth-order valence-electron chi connectivity index (χ4n) is 4.01. The molecule has 272 valence electrons. The van der Waals surface area contributed by atoms with Crippen LogP contribution in [-0.4, -0.2) is 83.7 Å². The molecule has 18 heteroatoms. The van der Waals surface area contributed by atoms with E-state index in [1.807, 2.05) is 13.8 Å². The van der Waals surface area contributed by atoms with Crippen LogP contribution >= 0.6 is 11.8 Å². The Morgan fingerprint density at radius 1 is 0.840 bits per heavy atom. The monoisotopic (exact) mass is 719 g/mol. The molecular formula is C32H41N5O12S. The third-order valence-corrected chi connectivity index (χ3v) is 7.87. The van der Waals surface area contributed by atoms with Crippen LogP contribution in [0.3, 0.4) is 0 Å². The predicted molar refractivity (Wildman–Crippen MR) is 180 cm³/mol. The molecule has 0 aliphatic heterocycles. The SMILES string of the molecule is CCCCOC(=O)CNC(=O)C(CSc1ccc([N+](=O)[O-])cc1[N+](=O)[O-])NC(=O)CCC(NC(=O)COc1ccccc1)C(=O)OCCCC. The largest absolute Gasteiger partial charge is 0.484 e. The van der Waals surface area contributed by atoms with Gasteiger partial charge in [-0.1, -0.05) is 44.9 Å². The maximum Gasteiger partial charge on any atom is 0.328 e. The molecule has 0 fully saturated rings. The Bertz CT molecular complexity index is 1480. The third kappa shape index (κ3) is 15.3. The van der Waals surface area contributed by atoms with E-state index in [-0.39, 0.29) is 36.7 Å². The van der Waals surface area contributed by atoms with Crippen molar-refractivity contribution in [3.63, 3.8) is 0 Å². The van der Waals surface area contributed by atoms with Crippen molar-refractivity contribution in [2.45, 2.75) is 69.4 Å². The van der Waals surface area contributed by atoms with Gasteiger partial charge in [0.1, 0.15) is 24.4 Å². The molecule has 2 atom stereocenters. The van der Waals surface area contributed by atoms with Crippen molar-refractivity contribution >= 4 is 52.8 Å². The Morgan fingerprint density at radius 3 is 2.14 bits per heavy atom. The zero-order valence-corrected chi connectivity index (χ0v) is 28.6. The molecule has 3 N–H and O–H groups in total. The normalized spacial score (nSPS) is 11.7. The fourth-order valence-corrected chi connectivity index (χ4v) is 5.04. The van der Waals surface area contributed by atoms with E-state index in [9.17, 15) is 44.2 Å². The fraction of sp³-hybridized carbons (Fsp3) is 0.469. The summed E-state index contributed by atoms with van der Waals surface area (Å²) in [6.45, 7) is 3.13. The molecule has 0 bridgehead atoms. The molecule has 2 rings (SSSR count). The number of ether oxygens (including phenoxy) is 3. The standard InChI is InChI=1S/C32H41N5O12S/c1-3-5-16-47-30(40)19-33-31(41)25(21-50-27-14-12-22(36(43)44)18-26(27)37(45)46)35-28(38)15-13-24(32(42)48-17-6-4-2)34-29(39)20-49-23-10-8-7-9-11-23/h7-12,14,18,24-25H,3-6,13,15-17,19-21H2,1-2H3,(H,33,41)(H,34,39)(H,35,38). The minimum Gasteiger partial charge on any atom is -0.484 e. The quantitative estimate of drug-likeness (QED) is 0.0492. The van der Waals surface area contributed by atoms with Crippen molar-refractivity contribution in [1.29, 1.82) is 0 Å². The summed E-state index contributed by atoms with van der Waals surface area (Å²) in [5.41, 5.74) is -1.09. The third-order valence-electron chi connectivity index (χ3n) is 6.71. The van der Waals surface area contributed by atoms with Gasteiger partial charge in [0.05, 0.1) is 34.0 Å². The molecular weight excluding hydrogens is 678 g/mol. The molecule has 0 aliphatic rings. The summed E-state index contributed by atoms with van der Waals surface area (Å²) in [5.74, 6) is -3.52. The van der Waals surface area contributed by atoms with Crippen LogP contribution in [-0.2, 0) is 33.4 Å². The molecule has 0 aliphatic carbocycles. The van der Waals surface area contributed by atoms with Crippen molar-refractivity contribution in [2.24, 2.45) is 0 Å². The summed E-state index contributed by atoms with van der Waals surface area (Å²) < 4.78 is 15.7. The number of hydrogen-bond donors (Lipinski definition) is 3. The van der Waals surface area contributed by atoms with E-state index >= 15 is 0 Å². The Hall–Kier alpha value is -5.26. The highest BCUT2D eigenvalue weighted by atomic mass is 32.2. The van der Waals surface area contributed by atoms with Gasteiger partial charge in [0.25, 0.3) is 17.3 Å². The number of nitro benzene ring substituents is 2. The van der Waals surface area contributed by atoms with Crippen LogP contribution < -0.4 is 20.7 Å². The first kappa shape index (κ1) is 40.9. The maximum absolute atomic E-state index is 13.1. The number of para-hydroxylation sites is 1. The second-order valence-electron chi connectivity index (χ2n) is 10.7. The highest BCUT2D eigenvalue weighted by Crippen LogP contribution is 2.32. The summed E-state index contributed by atoms with van der Waals surface area (Å²) >= 11 is 0.777. The number of rotatable bonds is 23. The summed E-state index contributed by atoms with van der Waals surface area (Å²) in [6, 6.07) is 8.92. The molecule has 0 spiro atoms. The Morgan fingerprint density at radius 2 is 1.50 bits per heavy atom. The van der Waals surface area contributed by atoms with E-state index in [0.717, 1.165) is 42.8 Å². The minimum atomic E-state index is -1.35. The molecule has 0 aromatic heterocycles. The van der Waals surface area contributed by atoms with Gasteiger partial charge < -0.3 is 30.2 Å². The number of nitrogens with zero attached hydrogens (tertiary/aromatic N) is 2. The number of carbonyl (C=O) groups is 5. The van der Waals surface area contributed by atoms with Crippen LogP contribution in [0.5, 0.6) is 5.75 Å². The van der Waals surface area contributed by atoms with Crippen molar-refractivity contribution in [3.05, 3.63) is 68.8 Å². The smallest absolute Gasteiger partial charge is 0.328 e. The van der Waals surface area contributed by atoms with Crippen LogP contribution in [0.4, 0.5) is 11.4 Å². The molecule has 2 unspecified atom stereocenters. The highest BCUT2D eigenvalue weighted by Gasteiger charge is 2.28. The van der Waals surface area contributed by atoms with Gasteiger partial charge in [-0.15, -0.1) is 11.8 Å². The molecule has 3 amide bonds. The van der Waals surface area contributed by atoms with Crippen molar-refractivity contribution in [3.8, 4) is 5.75 Å². The van der Waals surface area contributed by atoms with Gasteiger partial charge in [0.15, 0.2) is 6.61 Å². The summed E-state index contributed by atoms with van der Waals surface area (Å²) in [6.07, 6.45) is 2.15. The van der Waals surface area contributed by atoms with E-state index in [4.69, 9.17) is 14.2 Å². The summed E-state index contributed by atoms with van der Waals surface area (Å²) in [7, 11) is 0. The second-order valence-corrected chi connectivity index (χ2v) is 11.7. The van der Waals surface area contributed by atoms with Crippen molar-refractivity contribution in [2.75, 3.05) is 32.1 Å². The number of hydrogen-bond acceptors (Lipinski definition) is 13. The molecule has 50 heavy (non-hydrogen) atoms. The number of non-ortho nitro benzene ring substituents is 1. The number of amides is 3. The van der Waals surface area contributed by atoms with Crippen LogP contribution in [0.25, 0.3) is 0 Å². The van der Waals surface area contributed by atoms with Crippen molar-refractivity contribution in [1.82, 2.24) is 16.0 Å². The van der Waals surface area contributed by atoms with Gasteiger partial charge in [0, 0.05) is 18.2 Å². The summed E-state index contributed by atoms with van der Waals surface area (Å²) in [5, 5.41) is 30.1. The van der Waals surface area contributed by atoms with Gasteiger partial charge in [-0.25, -0.2) is 4.79 Å². The first-order chi connectivity index (χ1) is 23.9. The molecule has 0 radical (unpaired) electrons. The Balaban J connectivity index is 2.15. The number of esters is 2. The molecule has 2 aromatic rings. The lowest BCUT2D eigenvalue weighted by molar-refractivity contribution is -0.396. The lowest BCUT2D eigenvalue weighted by Gasteiger charge is -2.20. The van der Waals surface area contributed by atoms with Crippen LogP contribution in [0.2, 0.25) is 0 Å². The lowest BCUT2D eigenvalue weighted by Crippen LogP contribution is -2.50. The number of nitro groups is 2. The number of carbonyl (C=O) groups excluding carboxylic acids is 5. The molecule has 0 heterocycles. The highest BCUT2D eigenvalue weighted by molar-refractivity contribution is 7.99. The van der Waals surface area contributed by atoms with E-state index < -0.39 is 76.1 Å². The zero-order valence-electron chi connectivity index (χ0n) is 27.8. The van der Waals surface area contributed by atoms with Crippen molar-refractivity contribution < 1.29 is 48.0 Å². The van der Waals surface area contributed by atoms with Gasteiger partial charge in [-0.05, 0) is 37.5 Å². The maximum atomic E-state index is 13.1. The number of nitrogens with one attached hydrogen (secondary N) is 3. The average molecular weight is 720 g/mol. The molecule has 0 saturated heterocycles. The molecule has 17 nitrogen and oxygen atoms in total. The molecule has 2 aromatic carbocycles. The average Bonchev–Trinajstić information content (AvgIpc) is 3.10. The first-order valence-electron chi connectivity index (χ1n) is 15.9. The lowest BCUT2D eigenvalue weighted by atomic mass is 10.1. The number of benzene rings is 2. The summed E-state index contributed by atoms with van der Waals surface area (Å²) in [4.78, 5) is 84.8. The van der Waals surface area contributed by atoms with E-state index in [0.29, 0.717) is 18.6 Å². The minimum absolute atomic E-state index is 0.0121. The second kappa shape index (κ2) is 22.4. The van der Waals surface area contributed by atoms with Gasteiger partial charge in [-0.3, -0.25) is 39.4 Å². The van der Waals surface area contributed by atoms with E-state index in [2.05, 4.69) is 16.0 Å². The Labute approximate surface area is 292 Å². The van der Waals surface area contributed by atoms with Gasteiger partial charge >= 0.3 is 11.9 Å². The van der Waals surface area contributed by atoms with Crippen LogP contribution in [0.15, 0.2) is 53.4 Å². The topological polar surface area (TPSA) is 235 Å². The number of thioether (sulfide) groups is 1. The van der Waals surface area contributed by atoms with E-state index in [1.54, 1.807) is 30.3 Å². The Kier molecular flexibility index (Phi) is 18.3. The van der Waals surface area contributed by atoms with Crippen LogP contribution in [0, 0.1) is 20.2 Å². The van der Waals surface area contributed by atoms with Gasteiger partial charge in [0.2, 0.25) is 11.8 Å². The van der Waals surface area contributed by atoms with Crippen LogP contribution in [0.1, 0.15) is 52.4 Å². The number of unbranched alkanes of at least 4 members (excludes halogenated alkanes) is 2.